The first-order valence-corrected chi connectivity index (χ1v) is 7.67. The molecule has 118 valence electrons. The van der Waals surface area contributed by atoms with E-state index in [1.54, 1.807) is 6.20 Å². The molecule has 1 fully saturated rings. The first kappa shape index (κ1) is 15.4. The second kappa shape index (κ2) is 7.68. The van der Waals surface area contributed by atoms with Crippen LogP contribution in [0.4, 0.5) is 5.82 Å². The largest absolute Gasteiger partial charge is 0.379 e. The summed E-state index contributed by atoms with van der Waals surface area (Å²) in [4.78, 5) is 10.6. The minimum absolute atomic E-state index is 0.322. The quantitative estimate of drug-likeness (QED) is 0.907. The fourth-order valence-corrected chi connectivity index (χ4v) is 2.53. The summed E-state index contributed by atoms with van der Waals surface area (Å²) >= 11 is 0. The Hall–Kier alpha value is -2.49. The zero-order valence-electron chi connectivity index (χ0n) is 12.9. The third-order valence-corrected chi connectivity index (χ3v) is 3.74. The van der Waals surface area contributed by atoms with E-state index >= 15 is 0 Å². The third kappa shape index (κ3) is 4.49. The predicted octanol–water partition coefficient (Wildman–Crippen LogP) is 1.79. The first-order chi connectivity index (χ1) is 11.3. The third-order valence-electron chi connectivity index (χ3n) is 3.74. The van der Waals surface area contributed by atoms with Crippen molar-refractivity contribution < 1.29 is 4.74 Å². The van der Waals surface area contributed by atoms with Crippen LogP contribution in [0.5, 0.6) is 0 Å². The lowest BCUT2D eigenvalue weighted by Crippen LogP contribution is -2.35. The van der Waals surface area contributed by atoms with Crippen molar-refractivity contribution in [2.75, 3.05) is 31.6 Å². The molecule has 2 aromatic rings. The predicted molar refractivity (Wildman–Crippen MR) is 86.6 cm³/mol. The Morgan fingerprint density at radius 1 is 1.17 bits per heavy atom. The molecular formula is C17H19N5O. The van der Waals surface area contributed by atoms with Gasteiger partial charge in [0.1, 0.15) is 11.9 Å². The van der Waals surface area contributed by atoms with Crippen molar-refractivity contribution in [3.05, 3.63) is 53.5 Å². The smallest absolute Gasteiger partial charge is 0.158 e. The molecule has 6 nitrogen and oxygen atoms in total. The highest BCUT2D eigenvalue weighted by Crippen LogP contribution is 2.11. The van der Waals surface area contributed by atoms with Crippen LogP contribution in [0.15, 0.2) is 36.7 Å². The van der Waals surface area contributed by atoms with Crippen LogP contribution in [0.3, 0.4) is 0 Å². The maximum absolute atomic E-state index is 8.72. The van der Waals surface area contributed by atoms with Gasteiger partial charge in [0, 0.05) is 26.2 Å². The summed E-state index contributed by atoms with van der Waals surface area (Å²) in [5.41, 5.74) is 2.82. The Morgan fingerprint density at radius 3 is 2.74 bits per heavy atom. The van der Waals surface area contributed by atoms with Crippen molar-refractivity contribution >= 4 is 5.82 Å². The van der Waals surface area contributed by atoms with Gasteiger partial charge in [-0.2, -0.15) is 5.26 Å². The number of anilines is 1. The Labute approximate surface area is 135 Å². The first-order valence-electron chi connectivity index (χ1n) is 7.67. The molecule has 1 N–H and O–H groups in total. The number of ether oxygens (including phenoxy) is 1. The van der Waals surface area contributed by atoms with Crippen molar-refractivity contribution in [1.29, 1.82) is 5.26 Å². The van der Waals surface area contributed by atoms with E-state index in [1.165, 1.54) is 17.3 Å². The lowest BCUT2D eigenvalue weighted by molar-refractivity contribution is 0.0342. The molecule has 1 saturated heterocycles. The summed E-state index contributed by atoms with van der Waals surface area (Å²) in [5.74, 6) is 0.669. The zero-order chi connectivity index (χ0) is 15.9. The van der Waals surface area contributed by atoms with E-state index in [4.69, 9.17) is 10.00 Å². The topological polar surface area (TPSA) is 74.1 Å². The van der Waals surface area contributed by atoms with E-state index in [1.807, 2.05) is 6.07 Å². The highest BCUT2D eigenvalue weighted by atomic mass is 16.5. The number of rotatable bonds is 5. The molecule has 0 radical (unpaired) electrons. The van der Waals surface area contributed by atoms with Crippen LogP contribution in [-0.4, -0.2) is 41.2 Å². The van der Waals surface area contributed by atoms with Crippen molar-refractivity contribution in [3.63, 3.8) is 0 Å². The van der Waals surface area contributed by atoms with Gasteiger partial charge in [0.15, 0.2) is 5.69 Å². The van der Waals surface area contributed by atoms with Crippen LogP contribution in [0.1, 0.15) is 16.8 Å². The van der Waals surface area contributed by atoms with Crippen LogP contribution in [0.2, 0.25) is 0 Å². The van der Waals surface area contributed by atoms with E-state index in [-0.39, 0.29) is 0 Å². The summed E-state index contributed by atoms with van der Waals surface area (Å²) in [5, 5.41) is 11.9. The molecule has 1 aromatic carbocycles. The summed E-state index contributed by atoms with van der Waals surface area (Å²) in [6.07, 6.45) is 3.05. The molecular weight excluding hydrogens is 290 g/mol. The number of hydrogen-bond acceptors (Lipinski definition) is 6. The molecule has 0 aliphatic carbocycles. The normalized spacial score (nSPS) is 15.1. The molecule has 0 unspecified atom stereocenters. The fourth-order valence-electron chi connectivity index (χ4n) is 2.53. The van der Waals surface area contributed by atoms with Gasteiger partial charge < -0.3 is 10.1 Å². The molecule has 1 aromatic heterocycles. The summed E-state index contributed by atoms with van der Waals surface area (Å²) < 4.78 is 5.38. The maximum Gasteiger partial charge on any atom is 0.158 e. The van der Waals surface area contributed by atoms with Crippen molar-refractivity contribution in [1.82, 2.24) is 14.9 Å². The highest BCUT2D eigenvalue weighted by Gasteiger charge is 2.10. The van der Waals surface area contributed by atoms with E-state index in [2.05, 4.69) is 44.5 Å². The number of benzene rings is 1. The Kier molecular flexibility index (Phi) is 5.14. The van der Waals surface area contributed by atoms with Crippen molar-refractivity contribution in [2.45, 2.75) is 13.1 Å². The van der Waals surface area contributed by atoms with E-state index < -0.39 is 0 Å². The maximum atomic E-state index is 8.72. The van der Waals surface area contributed by atoms with Gasteiger partial charge in [-0.1, -0.05) is 24.3 Å². The Morgan fingerprint density at radius 2 is 2.00 bits per heavy atom. The number of nitrogens with zero attached hydrogens (tertiary/aromatic N) is 4. The number of nitrogens with one attached hydrogen (secondary N) is 1. The second-order valence-corrected chi connectivity index (χ2v) is 5.46. The second-order valence-electron chi connectivity index (χ2n) is 5.46. The standard InChI is InChI=1S/C17H19N5O/c18-9-16-11-21-17(12-19-16)20-10-14-2-1-3-15(8-14)13-22-4-6-23-7-5-22/h1-3,8,11-12H,4-7,10,13H2,(H,20,21). The molecule has 23 heavy (non-hydrogen) atoms. The molecule has 6 heteroatoms. The molecule has 2 heterocycles. The van der Waals surface area contributed by atoms with E-state index in [0.717, 1.165) is 32.8 Å². The lowest BCUT2D eigenvalue weighted by atomic mass is 10.1. The highest BCUT2D eigenvalue weighted by molar-refractivity contribution is 5.35. The molecule has 1 aliphatic rings. The van der Waals surface area contributed by atoms with Gasteiger partial charge in [-0.25, -0.2) is 9.97 Å². The fraction of sp³-hybridized carbons (Fsp3) is 0.353. The minimum Gasteiger partial charge on any atom is -0.379 e. The zero-order valence-corrected chi connectivity index (χ0v) is 12.9. The molecule has 0 saturated carbocycles. The van der Waals surface area contributed by atoms with Gasteiger partial charge >= 0.3 is 0 Å². The molecule has 0 amide bonds. The monoisotopic (exact) mass is 309 g/mol. The van der Waals surface area contributed by atoms with Gasteiger partial charge in [-0.15, -0.1) is 0 Å². The number of aromatic nitrogens is 2. The van der Waals surface area contributed by atoms with Gasteiger partial charge in [0.2, 0.25) is 0 Å². The van der Waals surface area contributed by atoms with Crippen LogP contribution >= 0.6 is 0 Å². The number of hydrogen-bond donors (Lipinski definition) is 1. The SMILES string of the molecule is N#Cc1cnc(NCc2cccc(CN3CCOCC3)c2)cn1. The van der Waals surface area contributed by atoms with Crippen LogP contribution < -0.4 is 5.32 Å². The van der Waals surface area contributed by atoms with Gasteiger partial charge in [0.05, 0.1) is 25.6 Å². The molecule has 0 bridgehead atoms. The Bertz CT molecular complexity index is 674. The summed E-state index contributed by atoms with van der Waals surface area (Å²) in [6.45, 7) is 5.25. The number of nitriles is 1. The van der Waals surface area contributed by atoms with Crippen LogP contribution in [-0.2, 0) is 17.8 Å². The van der Waals surface area contributed by atoms with Gasteiger partial charge in [-0.3, -0.25) is 4.90 Å². The summed E-state index contributed by atoms with van der Waals surface area (Å²) in [7, 11) is 0. The molecule has 0 atom stereocenters. The average Bonchev–Trinajstić information content (AvgIpc) is 2.62. The van der Waals surface area contributed by atoms with Gasteiger partial charge in [0.25, 0.3) is 0 Å². The summed E-state index contributed by atoms with van der Waals surface area (Å²) in [6, 6.07) is 10.5. The number of morpholine rings is 1. The molecule has 0 spiro atoms. The molecule has 1 aliphatic heterocycles. The van der Waals surface area contributed by atoms with Gasteiger partial charge in [-0.05, 0) is 11.1 Å². The Balaban J connectivity index is 1.57. The van der Waals surface area contributed by atoms with Crippen molar-refractivity contribution in [2.24, 2.45) is 0 Å². The van der Waals surface area contributed by atoms with Crippen molar-refractivity contribution in [3.8, 4) is 6.07 Å². The van der Waals surface area contributed by atoms with E-state index in [9.17, 15) is 0 Å². The molecule has 3 rings (SSSR count). The minimum atomic E-state index is 0.322. The average molecular weight is 309 g/mol. The van der Waals surface area contributed by atoms with Crippen LogP contribution in [0, 0.1) is 11.3 Å². The van der Waals surface area contributed by atoms with E-state index in [0.29, 0.717) is 18.1 Å². The van der Waals surface area contributed by atoms with Crippen LogP contribution in [0.25, 0.3) is 0 Å². The lowest BCUT2D eigenvalue weighted by Gasteiger charge is -2.26.